The van der Waals surface area contributed by atoms with Gasteiger partial charge in [-0.25, -0.2) is 15.0 Å². The number of methoxy groups -OCH3 is 1. The first-order valence-electron chi connectivity index (χ1n) is 9.83. The fraction of sp³-hybridized carbons (Fsp3) is 0.227. The number of para-hydroxylation sites is 2. The van der Waals surface area contributed by atoms with E-state index in [9.17, 15) is 5.11 Å². The van der Waals surface area contributed by atoms with Gasteiger partial charge in [0.05, 0.1) is 41.8 Å². The van der Waals surface area contributed by atoms with Crippen molar-refractivity contribution in [2.24, 2.45) is 7.05 Å². The van der Waals surface area contributed by atoms with Gasteiger partial charge in [-0.1, -0.05) is 12.1 Å². The fourth-order valence-corrected chi connectivity index (χ4v) is 3.49. The van der Waals surface area contributed by atoms with Crippen molar-refractivity contribution >= 4 is 34.0 Å². The largest absolute Gasteiger partial charge is 0.494 e. The Morgan fingerprint density at radius 1 is 1.19 bits per heavy atom. The molecule has 2 aromatic heterocycles. The highest BCUT2D eigenvalue weighted by Crippen LogP contribution is 2.36. The Morgan fingerprint density at radius 3 is 2.74 bits per heavy atom. The van der Waals surface area contributed by atoms with E-state index in [-0.39, 0.29) is 6.61 Å². The molecule has 4 rings (SSSR count). The van der Waals surface area contributed by atoms with Gasteiger partial charge in [0.1, 0.15) is 11.4 Å². The molecule has 0 amide bonds. The lowest BCUT2D eigenvalue weighted by Gasteiger charge is -2.22. The molecule has 2 heterocycles. The number of aliphatic hydroxyl groups excluding tert-OH is 1. The molecule has 0 saturated heterocycles. The first kappa shape index (κ1) is 20.4. The number of aromatic nitrogens is 4. The van der Waals surface area contributed by atoms with Crippen LogP contribution in [0.2, 0.25) is 0 Å². The number of benzene rings is 2. The molecule has 0 bridgehead atoms. The number of hydrogen-bond donors (Lipinski definition) is 3. The molecule has 2 aromatic carbocycles. The standard InChI is InChI=1S/C22H25N7O2/c1-28(10-11-30)19-13-20(31-3)17(12-14(19)23)27-22-24-9-8-16(26-22)21-25-15-6-4-5-7-18(15)29(21)2/h4-9,12-13,30H,10-11,23H2,1-3H3,(H,24,26,27). The Kier molecular flexibility index (Phi) is 5.59. The van der Waals surface area contributed by atoms with E-state index in [2.05, 4.69) is 15.3 Å². The van der Waals surface area contributed by atoms with Crippen LogP contribution in [0.25, 0.3) is 22.6 Å². The summed E-state index contributed by atoms with van der Waals surface area (Å²) in [5.74, 6) is 1.74. The van der Waals surface area contributed by atoms with Crippen LogP contribution in [0.4, 0.5) is 23.0 Å². The highest BCUT2D eigenvalue weighted by atomic mass is 16.5. The van der Waals surface area contributed by atoms with Crippen molar-refractivity contribution in [2.75, 3.05) is 43.3 Å². The molecule has 160 valence electrons. The number of fused-ring (bicyclic) bond motifs is 1. The molecule has 0 aliphatic carbocycles. The second kappa shape index (κ2) is 8.49. The molecule has 0 spiro atoms. The summed E-state index contributed by atoms with van der Waals surface area (Å²) in [6, 6.07) is 13.4. The zero-order valence-electron chi connectivity index (χ0n) is 17.7. The van der Waals surface area contributed by atoms with Crippen molar-refractivity contribution in [1.82, 2.24) is 19.5 Å². The van der Waals surface area contributed by atoms with Crippen molar-refractivity contribution in [3.05, 3.63) is 48.7 Å². The molecule has 9 heteroatoms. The topological polar surface area (TPSA) is 114 Å². The monoisotopic (exact) mass is 419 g/mol. The third-order valence-electron chi connectivity index (χ3n) is 5.11. The summed E-state index contributed by atoms with van der Waals surface area (Å²) >= 11 is 0. The molecule has 0 unspecified atom stereocenters. The summed E-state index contributed by atoms with van der Waals surface area (Å²) in [5, 5.41) is 12.4. The maximum Gasteiger partial charge on any atom is 0.227 e. The van der Waals surface area contributed by atoms with Crippen LogP contribution in [0.3, 0.4) is 0 Å². The molecular weight excluding hydrogens is 394 g/mol. The van der Waals surface area contributed by atoms with Crippen LogP contribution in [0.15, 0.2) is 48.7 Å². The summed E-state index contributed by atoms with van der Waals surface area (Å²) in [5.41, 5.74) is 10.8. The summed E-state index contributed by atoms with van der Waals surface area (Å²) in [4.78, 5) is 15.5. The van der Waals surface area contributed by atoms with Gasteiger partial charge in [0.15, 0.2) is 5.82 Å². The Labute approximate surface area is 180 Å². The zero-order valence-corrected chi connectivity index (χ0v) is 17.7. The number of ether oxygens (including phenoxy) is 1. The number of rotatable bonds is 7. The average molecular weight is 419 g/mol. The summed E-state index contributed by atoms with van der Waals surface area (Å²) in [6.45, 7) is 0.490. The lowest BCUT2D eigenvalue weighted by atomic mass is 10.2. The number of nitrogens with zero attached hydrogens (tertiary/aromatic N) is 5. The Morgan fingerprint density at radius 2 is 2.00 bits per heavy atom. The minimum absolute atomic E-state index is 0.0289. The number of nitrogens with two attached hydrogens (primary N) is 1. The molecule has 0 aliphatic rings. The van der Waals surface area contributed by atoms with Crippen LogP contribution >= 0.6 is 0 Å². The molecule has 0 atom stereocenters. The third kappa shape index (κ3) is 3.95. The summed E-state index contributed by atoms with van der Waals surface area (Å²) < 4.78 is 7.54. The summed E-state index contributed by atoms with van der Waals surface area (Å²) in [7, 11) is 5.41. The maximum atomic E-state index is 9.20. The van der Waals surface area contributed by atoms with E-state index in [1.54, 1.807) is 19.4 Å². The van der Waals surface area contributed by atoms with Gasteiger partial charge in [-0.2, -0.15) is 0 Å². The molecule has 4 aromatic rings. The van der Waals surface area contributed by atoms with E-state index < -0.39 is 0 Å². The van der Waals surface area contributed by atoms with Gasteiger partial charge in [-0.3, -0.25) is 0 Å². The molecule has 0 radical (unpaired) electrons. The number of aliphatic hydroxyl groups is 1. The molecule has 0 saturated carbocycles. The molecule has 31 heavy (non-hydrogen) atoms. The average Bonchev–Trinajstić information content (AvgIpc) is 3.11. The molecule has 0 aliphatic heterocycles. The second-order valence-corrected chi connectivity index (χ2v) is 7.13. The van der Waals surface area contributed by atoms with E-state index >= 15 is 0 Å². The normalized spacial score (nSPS) is 11.0. The summed E-state index contributed by atoms with van der Waals surface area (Å²) in [6.07, 6.45) is 1.68. The number of nitrogens with one attached hydrogen (secondary N) is 1. The van der Waals surface area contributed by atoms with Crippen molar-refractivity contribution in [3.8, 4) is 17.3 Å². The SMILES string of the molecule is COc1cc(N(C)CCO)c(N)cc1Nc1nccc(-c2nc3ccccc3n2C)n1. The first-order valence-corrected chi connectivity index (χ1v) is 9.83. The molecular formula is C22H25N7O2. The lowest BCUT2D eigenvalue weighted by Crippen LogP contribution is -2.22. The van der Waals surface area contributed by atoms with Gasteiger partial charge in [-0.15, -0.1) is 0 Å². The van der Waals surface area contributed by atoms with Crippen molar-refractivity contribution in [1.29, 1.82) is 0 Å². The van der Waals surface area contributed by atoms with E-state index in [1.165, 1.54) is 0 Å². The predicted octanol–water partition coefficient (Wildman–Crippen LogP) is 2.79. The van der Waals surface area contributed by atoms with E-state index in [1.807, 2.05) is 60.0 Å². The maximum absolute atomic E-state index is 9.20. The Hall–Kier alpha value is -3.85. The number of nitrogen functional groups attached to an aromatic ring is 1. The van der Waals surface area contributed by atoms with Crippen molar-refractivity contribution in [3.63, 3.8) is 0 Å². The minimum Gasteiger partial charge on any atom is -0.494 e. The predicted molar refractivity (Wildman–Crippen MR) is 123 cm³/mol. The van der Waals surface area contributed by atoms with Gasteiger partial charge >= 0.3 is 0 Å². The highest BCUT2D eigenvalue weighted by Gasteiger charge is 2.15. The number of likely N-dealkylation sites (N-methyl/N-ethyl adjacent to an activating group) is 1. The van der Waals surface area contributed by atoms with Gasteiger partial charge in [0, 0.05) is 32.9 Å². The van der Waals surface area contributed by atoms with Crippen LogP contribution < -0.4 is 20.7 Å². The third-order valence-corrected chi connectivity index (χ3v) is 5.11. The van der Waals surface area contributed by atoms with E-state index in [0.717, 1.165) is 22.5 Å². The molecule has 0 fully saturated rings. The van der Waals surface area contributed by atoms with E-state index in [4.69, 9.17) is 15.5 Å². The van der Waals surface area contributed by atoms with E-state index in [0.29, 0.717) is 35.3 Å². The Bertz CT molecular complexity index is 1220. The number of imidazole rings is 1. The highest BCUT2D eigenvalue weighted by molar-refractivity contribution is 5.81. The van der Waals surface area contributed by atoms with Crippen molar-refractivity contribution in [2.45, 2.75) is 0 Å². The van der Waals surface area contributed by atoms with Gasteiger partial charge in [0.2, 0.25) is 5.95 Å². The number of hydrogen-bond acceptors (Lipinski definition) is 8. The zero-order chi connectivity index (χ0) is 22.0. The van der Waals surface area contributed by atoms with Crippen LogP contribution in [-0.2, 0) is 7.05 Å². The number of aryl methyl sites for hydroxylation is 1. The fourth-order valence-electron chi connectivity index (χ4n) is 3.49. The van der Waals surface area contributed by atoms with Crippen LogP contribution in [-0.4, -0.2) is 51.9 Å². The minimum atomic E-state index is 0.0289. The van der Waals surface area contributed by atoms with Crippen LogP contribution in [0, 0.1) is 0 Å². The molecule has 9 nitrogen and oxygen atoms in total. The van der Waals surface area contributed by atoms with Gasteiger partial charge in [0.25, 0.3) is 0 Å². The van der Waals surface area contributed by atoms with Crippen molar-refractivity contribution < 1.29 is 9.84 Å². The van der Waals surface area contributed by atoms with Gasteiger partial charge in [-0.05, 0) is 24.3 Å². The number of anilines is 4. The van der Waals surface area contributed by atoms with Crippen LogP contribution in [0.1, 0.15) is 0 Å². The second-order valence-electron chi connectivity index (χ2n) is 7.13. The van der Waals surface area contributed by atoms with Gasteiger partial charge < -0.3 is 30.4 Å². The first-order chi connectivity index (χ1) is 15.0. The Balaban J connectivity index is 1.67. The van der Waals surface area contributed by atoms with Crippen LogP contribution in [0.5, 0.6) is 5.75 Å². The molecule has 4 N–H and O–H groups in total. The smallest absolute Gasteiger partial charge is 0.227 e. The quantitative estimate of drug-likeness (QED) is 0.392. The lowest BCUT2D eigenvalue weighted by molar-refractivity contribution is 0.304.